The Morgan fingerprint density at radius 2 is 1.93 bits per heavy atom. The molecule has 1 N–H and O–H groups in total. The van der Waals surface area contributed by atoms with E-state index in [0.29, 0.717) is 18.3 Å². The van der Waals surface area contributed by atoms with Gasteiger partial charge in [0.1, 0.15) is 17.3 Å². The predicted molar refractivity (Wildman–Crippen MR) is 102 cm³/mol. The average molecular weight is 364 g/mol. The van der Waals surface area contributed by atoms with Crippen LogP contribution in [-0.4, -0.2) is 29.1 Å². The van der Waals surface area contributed by atoms with E-state index >= 15 is 0 Å². The molecule has 0 bridgehead atoms. The standard InChI is InChI=1S/C21H21FN4O/c22-17-6-3-7-19(13-17)27-20-8-2-1-5-16(20)14-25-18-9-12-26(15-18)21-23-10-4-11-24-21/h1-8,10-11,13,18,25H,9,12,14-15H2. The summed E-state index contributed by atoms with van der Waals surface area (Å²) in [5, 5.41) is 3.58. The van der Waals surface area contributed by atoms with Gasteiger partial charge in [0.05, 0.1) is 0 Å². The molecule has 0 aliphatic carbocycles. The highest BCUT2D eigenvalue weighted by atomic mass is 19.1. The molecule has 1 aliphatic rings. The zero-order chi connectivity index (χ0) is 18.5. The lowest BCUT2D eigenvalue weighted by atomic mass is 10.1. The van der Waals surface area contributed by atoms with Crippen LogP contribution in [0.3, 0.4) is 0 Å². The van der Waals surface area contributed by atoms with E-state index in [-0.39, 0.29) is 5.82 Å². The first-order chi connectivity index (χ1) is 13.3. The Balaban J connectivity index is 1.38. The number of para-hydroxylation sites is 1. The summed E-state index contributed by atoms with van der Waals surface area (Å²) in [5.41, 5.74) is 1.04. The first-order valence-electron chi connectivity index (χ1n) is 9.04. The quantitative estimate of drug-likeness (QED) is 0.721. The van der Waals surface area contributed by atoms with Crippen LogP contribution in [0.15, 0.2) is 67.0 Å². The van der Waals surface area contributed by atoms with Crippen molar-refractivity contribution in [2.45, 2.75) is 19.0 Å². The first kappa shape index (κ1) is 17.4. The first-order valence-corrected chi connectivity index (χ1v) is 9.04. The van der Waals surface area contributed by atoms with Crippen LogP contribution in [0.25, 0.3) is 0 Å². The summed E-state index contributed by atoms with van der Waals surface area (Å²) >= 11 is 0. The lowest BCUT2D eigenvalue weighted by Gasteiger charge is -2.17. The van der Waals surface area contributed by atoms with Crippen LogP contribution >= 0.6 is 0 Å². The van der Waals surface area contributed by atoms with Crippen LogP contribution < -0.4 is 15.0 Å². The number of aromatic nitrogens is 2. The van der Waals surface area contributed by atoms with Crippen molar-refractivity contribution < 1.29 is 9.13 Å². The molecule has 1 aliphatic heterocycles. The predicted octanol–water partition coefficient (Wildman–Crippen LogP) is 3.78. The van der Waals surface area contributed by atoms with Gasteiger partial charge < -0.3 is 15.0 Å². The van der Waals surface area contributed by atoms with Crippen LogP contribution in [0.4, 0.5) is 10.3 Å². The van der Waals surface area contributed by atoms with E-state index in [2.05, 4.69) is 20.2 Å². The number of nitrogens with one attached hydrogen (secondary N) is 1. The molecule has 138 valence electrons. The fourth-order valence-electron chi connectivity index (χ4n) is 3.22. The second-order valence-corrected chi connectivity index (χ2v) is 6.53. The molecule has 1 fully saturated rings. The van der Waals surface area contributed by atoms with Gasteiger partial charge in [0.25, 0.3) is 0 Å². The van der Waals surface area contributed by atoms with Crippen molar-refractivity contribution in [1.29, 1.82) is 0 Å². The molecule has 4 rings (SSSR count). The van der Waals surface area contributed by atoms with Crippen molar-refractivity contribution in [3.05, 3.63) is 78.4 Å². The number of anilines is 1. The van der Waals surface area contributed by atoms with Gasteiger partial charge in [0, 0.05) is 49.7 Å². The molecule has 5 nitrogen and oxygen atoms in total. The summed E-state index contributed by atoms with van der Waals surface area (Å²) in [6.45, 7) is 2.49. The molecule has 1 aromatic heterocycles. The Hall–Kier alpha value is -2.99. The third-order valence-corrected chi connectivity index (χ3v) is 4.60. The molecule has 2 heterocycles. The second-order valence-electron chi connectivity index (χ2n) is 6.53. The summed E-state index contributed by atoms with van der Waals surface area (Å²) in [4.78, 5) is 10.8. The van der Waals surface area contributed by atoms with Gasteiger partial charge in [-0.25, -0.2) is 14.4 Å². The fraction of sp³-hybridized carbons (Fsp3) is 0.238. The van der Waals surface area contributed by atoms with Gasteiger partial charge in [0.15, 0.2) is 0 Å². The molecule has 0 saturated carbocycles. The molecule has 6 heteroatoms. The summed E-state index contributed by atoms with van der Waals surface area (Å²) in [5.74, 6) is 1.70. The Morgan fingerprint density at radius 3 is 2.78 bits per heavy atom. The van der Waals surface area contributed by atoms with Crippen molar-refractivity contribution in [1.82, 2.24) is 15.3 Å². The number of nitrogens with zero attached hydrogens (tertiary/aromatic N) is 3. The normalized spacial score (nSPS) is 16.5. The minimum atomic E-state index is -0.308. The van der Waals surface area contributed by atoms with E-state index in [9.17, 15) is 4.39 Å². The maximum Gasteiger partial charge on any atom is 0.225 e. The largest absolute Gasteiger partial charge is 0.457 e. The molecule has 0 spiro atoms. The van der Waals surface area contributed by atoms with Crippen LogP contribution in [-0.2, 0) is 6.54 Å². The van der Waals surface area contributed by atoms with E-state index in [0.717, 1.165) is 36.8 Å². The van der Waals surface area contributed by atoms with Crippen LogP contribution in [0, 0.1) is 5.82 Å². The molecule has 0 radical (unpaired) electrons. The van der Waals surface area contributed by atoms with Crippen LogP contribution in [0.1, 0.15) is 12.0 Å². The van der Waals surface area contributed by atoms with Crippen molar-refractivity contribution in [2.24, 2.45) is 0 Å². The molecule has 3 aromatic rings. The number of hydrogen-bond donors (Lipinski definition) is 1. The minimum absolute atomic E-state index is 0.308. The summed E-state index contributed by atoms with van der Waals surface area (Å²) in [7, 11) is 0. The number of ether oxygens (including phenoxy) is 1. The number of benzene rings is 2. The molecular formula is C21H21FN4O. The fourth-order valence-corrected chi connectivity index (χ4v) is 3.22. The summed E-state index contributed by atoms with van der Waals surface area (Å²) in [6, 6.07) is 16.2. The third kappa shape index (κ3) is 4.41. The Kier molecular flexibility index (Phi) is 5.25. The third-order valence-electron chi connectivity index (χ3n) is 4.60. The van der Waals surface area contributed by atoms with Gasteiger partial charge in [-0.2, -0.15) is 0 Å². The highest BCUT2D eigenvalue weighted by molar-refractivity contribution is 5.38. The molecule has 27 heavy (non-hydrogen) atoms. The number of halogens is 1. The Bertz CT molecular complexity index is 890. The molecule has 1 unspecified atom stereocenters. The lowest BCUT2D eigenvalue weighted by molar-refractivity contribution is 0.462. The van der Waals surface area contributed by atoms with E-state index in [1.165, 1.54) is 12.1 Å². The number of hydrogen-bond acceptors (Lipinski definition) is 5. The maximum absolute atomic E-state index is 13.4. The van der Waals surface area contributed by atoms with Gasteiger partial charge in [0.2, 0.25) is 5.95 Å². The smallest absolute Gasteiger partial charge is 0.225 e. The highest BCUT2D eigenvalue weighted by Gasteiger charge is 2.23. The van der Waals surface area contributed by atoms with Crippen LogP contribution in [0.2, 0.25) is 0 Å². The molecule has 1 saturated heterocycles. The zero-order valence-electron chi connectivity index (χ0n) is 14.9. The van der Waals surface area contributed by atoms with Gasteiger partial charge in [-0.05, 0) is 30.7 Å². The van der Waals surface area contributed by atoms with Crippen molar-refractivity contribution in [3.8, 4) is 11.5 Å². The van der Waals surface area contributed by atoms with Crippen molar-refractivity contribution >= 4 is 5.95 Å². The molecular weight excluding hydrogens is 343 g/mol. The highest BCUT2D eigenvalue weighted by Crippen LogP contribution is 2.26. The molecule has 1 atom stereocenters. The monoisotopic (exact) mass is 364 g/mol. The minimum Gasteiger partial charge on any atom is -0.457 e. The second kappa shape index (κ2) is 8.14. The topological polar surface area (TPSA) is 50.3 Å². The van der Waals surface area contributed by atoms with E-state index in [1.807, 2.05) is 30.3 Å². The summed E-state index contributed by atoms with van der Waals surface area (Å²) in [6.07, 6.45) is 4.57. The maximum atomic E-state index is 13.4. The van der Waals surface area contributed by atoms with E-state index < -0.39 is 0 Å². The molecule has 2 aromatic carbocycles. The summed E-state index contributed by atoms with van der Waals surface area (Å²) < 4.78 is 19.3. The zero-order valence-corrected chi connectivity index (χ0v) is 14.9. The van der Waals surface area contributed by atoms with E-state index in [1.54, 1.807) is 24.5 Å². The van der Waals surface area contributed by atoms with Gasteiger partial charge in [-0.1, -0.05) is 24.3 Å². The Morgan fingerprint density at radius 1 is 1.07 bits per heavy atom. The molecule has 0 amide bonds. The van der Waals surface area contributed by atoms with E-state index in [4.69, 9.17) is 4.74 Å². The van der Waals surface area contributed by atoms with Crippen LogP contribution in [0.5, 0.6) is 11.5 Å². The SMILES string of the molecule is Fc1cccc(Oc2ccccc2CNC2CCN(c3ncccn3)C2)c1. The Labute approximate surface area is 157 Å². The van der Waals surface area contributed by atoms with Crippen molar-refractivity contribution in [3.63, 3.8) is 0 Å². The van der Waals surface area contributed by atoms with Crippen molar-refractivity contribution in [2.75, 3.05) is 18.0 Å². The van der Waals surface area contributed by atoms with Gasteiger partial charge in [-0.3, -0.25) is 0 Å². The van der Waals surface area contributed by atoms with Gasteiger partial charge >= 0.3 is 0 Å². The average Bonchev–Trinajstić information content (AvgIpc) is 3.17. The lowest BCUT2D eigenvalue weighted by Crippen LogP contribution is -2.32. The van der Waals surface area contributed by atoms with Gasteiger partial charge in [-0.15, -0.1) is 0 Å². The number of rotatable bonds is 6.